The van der Waals surface area contributed by atoms with Crippen LogP contribution in [0.2, 0.25) is 0 Å². The molecule has 1 heterocycles. The first-order chi connectivity index (χ1) is 11.3. The van der Waals surface area contributed by atoms with Gasteiger partial charge in [0.25, 0.3) is 0 Å². The minimum Gasteiger partial charge on any atom is -0.494 e. The van der Waals surface area contributed by atoms with Gasteiger partial charge in [-0.15, -0.1) is 0 Å². The van der Waals surface area contributed by atoms with Crippen molar-refractivity contribution in [3.8, 4) is 5.75 Å². The summed E-state index contributed by atoms with van der Waals surface area (Å²) in [6, 6.07) is 8.10. The maximum absolute atomic E-state index is 12.1. The zero-order valence-electron chi connectivity index (χ0n) is 14.9. The molecule has 1 saturated heterocycles. The maximum atomic E-state index is 12.1. The van der Waals surface area contributed by atoms with Gasteiger partial charge in [-0.05, 0) is 36.0 Å². The Bertz CT molecular complexity index is 575. The van der Waals surface area contributed by atoms with Crippen LogP contribution < -0.4 is 10.5 Å². The van der Waals surface area contributed by atoms with Gasteiger partial charge < -0.3 is 15.4 Å². The van der Waals surface area contributed by atoms with Crippen molar-refractivity contribution in [1.82, 2.24) is 4.90 Å². The lowest BCUT2D eigenvalue weighted by Gasteiger charge is -2.19. The fraction of sp³-hybridized carbons (Fsp3) is 0.579. The SMILES string of the molecule is CC(C)(C)c1ccc(OCCCC(=O)N2CC[C@H](C(N)=O)C2)cc1. The van der Waals surface area contributed by atoms with Gasteiger partial charge in [0, 0.05) is 19.5 Å². The number of nitrogens with zero attached hydrogens (tertiary/aromatic N) is 1. The molecule has 0 radical (unpaired) electrons. The summed E-state index contributed by atoms with van der Waals surface area (Å²) in [5.74, 6) is 0.398. The Hall–Kier alpha value is -2.04. The number of ether oxygens (including phenoxy) is 1. The zero-order valence-corrected chi connectivity index (χ0v) is 14.9. The number of amides is 2. The third kappa shape index (κ3) is 4.98. The summed E-state index contributed by atoms with van der Waals surface area (Å²) >= 11 is 0. The number of rotatable bonds is 6. The quantitative estimate of drug-likeness (QED) is 0.813. The molecule has 0 bridgehead atoms. The Morgan fingerprint density at radius 2 is 1.92 bits per heavy atom. The third-order valence-electron chi connectivity index (χ3n) is 4.47. The van der Waals surface area contributed by atoms with E-state index in [1.54, 1.807) is 4.90 Å². The molecular formula is C19H28N2O3. The van der Waals surface area contributed by atoms with Gasteiger partial charge in [0.15, 0.2) is 0 Å². The molecule has 5 heteroatoms. The minimum atomic E-state index is -0.313. The topological polar surface area (TPSA) is 72.6 Å². The van der Waals surface area contributed by atoms with E-state index in [9.17, 15) is 9.59 Å². The first-order valence-electron chi connectivity index (χ1n) is 8.58. The van der Waals surface area contributed by atoms with E-state index >= 15 is 0 Å². The fourth-order valence-electron chi connectivity index (χ4n) is 2.84. The monoisotopic (exact) mass is 332 g/mol. The lowest BCUT2D eigenvalue weighted by atomic mass is 9.87. The van der Waals surface area contributed by atoms with Crippen molar-refractivity contribution < 1.29 is 14.3 Å². The Kier molecular flexibility index (Phi) is 5.86. The molecule has 24 heavy (non-hydrogen) atoms. The van der Waals surface area contributed by atoms with Crippen LogP contribution in [0, 0.1) is 5.92 Å². The lowest BCUT2D eigenvalue weighted by molar-refractivity contribution is -0.130. The van der Waals surface area contributed by atoms with Gasteiger partial charge in [-0.2, -0.15) is 0 Å². The number of primary amides is 1. The highest BCUT2D eigenvalue weighted by molar-refractivity contribution is 5.81. The van der Waals surface area contributed by atoms with Gasteiger partial charge in [-0.3, -0.25) is 9.59 Å². The van der Waals surface area contributed by atoms with E-state index in [0.717, 1.165) is 5.75 Å². The van der Waals surface area contributed by atoms with E-state index in [-0.39, 0.29) is 23.1 Å². The highest BCUT2D eigenvalue weighted by Crippen LogP contribution is 2.24. The van der Waals surface area contributed by atoms with Crippen LogP contribution in [0.15, 0.2) is 24.3 Å². The third-order valence-corrected chi connectivity index (χ3v) is 4.47. The summed E-state index contributed by atoms with van der Waals surface area (Å²) in [7, 11) is 0. The van der Waals surface area contributed by atoms with Crippen molar-refractivity contribution in [2.75, 3.05) is 19.7 Å². The molecule has 2 N–H and O–H groups in total. The van der Waals surface area contributed by atoms with Crippen molar-refractivity contribution >= 4 is 11.8 Å². The van der Waals surface area contributed by atoms with E-state index in [1.165, 1.54) is 5.56 Å². The molecule has 5 nitrogen and oxygen atoms in total. The van der Waals surface area contributed by atoms with E-state index in [2.05, 4.69) is 32.9 Å². The Labute approximate surface area is 144 Å². The van der Waals surface area contributed by atoms with Gasteiger partial charge in [-0.1, -0.05) is 32.9 Å². The van der Waals surface area contributed by atoms with Gasteiger partial charge in [-0.25, -0.2) is 0 Å². The van der Waals surface area contributed by atoms with Crippen LogP contribution in [0.4, 0.5) is 0 Å². The smallest absolute Gasteiger partial charge is 0.222 e. The molecule has 0 saturated carbocycles. The second-order valence-corrected chi connectivity index (χ2v) is 7.45. The Balaban J connectivity index is 1.69. The summed E-state index contributed by atoms with van der Waals surface area (Å²) in [4.78, 5) is 25.0. The molecule has 0 spiro atoms. The highest BCUT2D eigenvalue weighted by Gasteiger charge is 2.29. The molecule has 2 rings (SSSR count). The molecule has 2 amide bonds. The summed E-state index contributed by atoms with van der Waals surface area (Å²) in [5, 5.41) is 0. The average Bonchev–Trinajstić information content (AvgIpc) is 3.01. The Morgan fingerprint density at radius 1 is 1.25 bits per heavy atom. The van der Waals surface area contributed by atoms with Crippen molar-refractivity contribution in [3.63, 3.8) is 0 Å². The molecule has 1 aliphatic heterocycles. The first-order valence-corrected chi connectivity index (χ1v) is 8.58. The van der Waals surface area contributed by atoms with Crippen LogP contribution >= 0.6 is 0 Å². The largest absolute Gasteiger partial charge is 0.494 e. The van der Waals surface area contributed by atoms with Crippen molar-refractivity contribution in [1.29, 1.82) is 0 Å². The van der Waals surface area contributed by atoms with Gasteiger partial charge in [0.2, 0.25) is 11.8 Å². The number of hydrogen-bond donors (Lipinski definition) is 1. The molecule has 1 aliphatic rings. The van der Waals surface area contributed by atoms with Crippen molar-refractivity contribution in [2.24, 2.45) is 11.7 Å². The number of carbonyl (C=O) groups excluding carboxylic acids is 2. The van der Waals surface area contributed by atoms with Crippen LogP contribution in [0.3, 0.4) is 0 Å². The number of hydrogen-bond acceptors (Lipinski definition) is 3. The second-order valence-electron chi connectivity index (χ2n) is 7.45. The molecule has 0 aliphatic carbocycles. The number of nitrogens with two attached hydrogens (primary N) is 1. The summed E-state index contributed by atoms with van der Waals surface area (Å²) in [5.41, 5.74) is 6.68. The zero-order chi connectivity index (χ0) is 17.7. The van der Waals surface area contributed by atoms with Gasteiger partial charge in [0.1, 0.15) is 5.75 Å². The number of benzene rings is 1. The second kappa shape index (κ2) is 7.69. The minimum absolute atomic E-state index is 0.0745. The maximum Gasteiger partial charge on any atom is 0.222 e. The summed E-state index contributed by atoms with van der Waals surface area (Å²) in [6.07, 6.45) is 1.78. The predicted molar refractivity (Wildman–Crippen MR) is 93.8 cm³/mol. The highest BCUT2D eigenvalue weighted by atomic mass is 16.5. The van der Waals surface area contributed by atoms with E-state index in [4.69, 9.17) is 10.5 Å². The summed E-state index contributed by atoms with van der Waals surface area (Å²) in [6.45, 7) is 8.12. The van der Waals surface area contributed by atoms with Gasteiger partial charge >= 0.3 is 0 Å². The number of carbonyl (C=O) groups is 2. The van der Waals surface area contributed by atoms with Crippen molar-refractivity contribution in [3.05, 3.63) is 29.8 Å². The predicted octanol–water partition coefficient (Wildman–Crippen LogP) is 2.48. The Morgan fingerprint density at radius 3 is 2.46 bits per heavy atom. The molecular weight excluding hydrogens is 304 g/mol. The normalized spacial score (nSPS) is 17.8. The van der Waals surface area contributed by atoms with Crippen LogP contribution in [0.25, 0.3) is 0 Å². The van der Waals surface area contributed by atoms with Crippen LogP contribution in [0.5, 0.6) is 5.75 Å². The lowest BCUT2D eigenvalue weighted by Crippen LogP contribution is -2.31. The average molecular weight is 332 g/mol. The molecule has 132 valence electrons. The van der Waals surface area contributed by atoms with Crippen LogP contribution in [0.1, 0.15) is 45.6 Å². The van der Waals surface area contributed by atoms with Crippen molar-refractivity contribution in [2.45, 2.75) is 45.4 Å². The van der Waals surface area contributed by atoms with E-state index < -0.39 is 0 Å². The van der Waals surface area contributed by atoms with E-state index in [0.29, 0.717) is 39.0 Å². The molecule has 0 aromatic heterocycles. The number of likely N-dealkylation sites (tertiary alicyclic amines) is 1. The van der Waals surface area contributed by atoms with E-state index in [1.807, 2.05) is 12.1 Å². The van der Waals surface area contributed by atoms with Crippen LogP contribution in [-0.2, 0) is 15.0 Å². The summed E-state index contributed by atoms with van der Waals surface area (Å²) < 4.78 is 5.70. The fourth-order valence-corrected chi connectivity index (χ4v) is 2.84. The standard InChI is InChI=1S/C19H28N2O3/c1-19(2,3)15-6-8-16(9-7-15)24-12-4-5-17(22)21-11-10-14(13-21)18(20)23/h6-9,14H,4-5,10-13H2,1-3H3,(H2,20,23)/t14-/m0/s1. The molecule has 1 fully saturated rings. The van der Waals surface area contributed by atoms with Gasteiger partial charge in [0.05, 0.1) is 12.5 Å². The van der Waals surface area contributed by atoms with Crippen LogP contribution in [-0.4, -0.2) is 36.4 Å². The molecule has 1 aromatic carbocycles. The molecule has 1 atom stereocenters. The first kappa shape index (κ1) is 18.3. The molecule has 0 unspecified atom stereocenters. The molecule has 1 aromatic rings.